The van der Waals surface area contributed by atoms with Gasteiger partial charge >= 0.3 is 0 Å². The molecular formula is C28H36Cl2O8. The summed E-state index contributed by atoms with van der Waals surface area (Å²) in [4.78, 5) is 0. The molecule has 0 aliphatic carbocycles. The molecule has 210 valence electrons. The summed E-state index contributed by atoms with van der Waals surface area (Å²) in [5.74, 6) is 0.864. The van der Waals surface area contributed by atoms with E-state index < -0.39 is 37.0 Å². The lowest BCUT2D eigenvalue weighted by atomic mass is 10.00. The lowest BCUT2D eigenvalue weighted by Crippen LogP contribution is -2.57. The number of ether oxygens (including phenoxy) is 8. The van der Waals surface area contributed by atoms with Crippen LogP contribution in [0.4, 0.5) is 0 Å². The highest BCUT2D eigenvalue weighted by Gasteiger charge is 2.46. The van der Waals surface area contributed by atoms with Crippen LogP contribution in [0.3, 0.4) is 0 Å². The summed E-state index contributed by atoms with van der Waals surface area (Å²) in [6.45, 7) is 3.13. The highest BCUT2D eigenvalue weighted by molar-refractivity contribution is 6.18. The first-order chi connectivity index (χ1) is 18.8. The third-order valence-corrected chi connectivity index (χ3v) is 6.46. The van der Waals surface area contributed by atoms with Gasteiger partial charge in [-0.1, -0.05) is 60.7 Å². The second kappa shape index (κ2) is 16.7. The Bertz CT molecular complexity index is 819. The Morgan fingerprint density at radius 1 is 0.579 bits per heavy atom. The monoisotopic (exact) mass is 570 g/mol. The number of hydrogen-bond acceptors (Lipinski definition) is 8. The molecule has 38 heavy (non-hydrogen) atoms. The molecule has 0 radical (unpaired) electrons. The first-order valence-corrected chi connectivity index (χ1v) is 14.0. The molecule has 0 spiro atoms. The van der Waals surface area contributed by atoms with Crippen LogP contribution in [0.2, 0.25) is 0 Å². The molecular weight excluding hydrogens is 535 g/mol. The number of benzene rings is 2. The van der Waals surface area contributed by atoms with Crippen LogP contribution in [-0.2, 0) is 37.9 Å². The van der Waals surface area contributed by atoms with Gasteiger partial charge in [-0.2, -0.15) is 0 Å². The largest absolute Gasteiger partial charge is 0.378 e. The van der Waals surface area contributed by atoms with Gasteiger partial charge in [0, 0.05) is 22.9 Å². The van der Waals surface area contributed by atoms with E-state index in [2.05, 4.69) is 0 Å². The standard InChI is InChI=1S/C28H36Cl2O8/c29-11-13-31-15-17-33-23-19-35-27(21-7-3-1-4-8-21)37-25(23)26-24(34-18-16-32-14-12-30)20-36-28(38-26)22-9-5-2-6-10-22/h1-10,23-28H,11-20H2/t23-,24-,25-,26-,27-,28-/m1/s1. The van der Waals surface area contributed by atoms with Gasteiger partial charge in [-0.05, 0) is 0 Å². The van der Waals surface area contributed by atoms with Crippen molar-refractivity contribution in [2.45, 2.75) is 37.0 Å². The van der Waals surface area contributed by atoms with Gasteiger partial charge < -0.3 is 37.9 Å². The minimum atomic E-state index is -0.567. The minimum absolute atomic E-state index is 0.321. The molecule has 2 aromatic rings. The van der Waals surface area contributed by atoms with Crippen molar-refractivity contribution in [1.29, 1.82) is 0 Å². The molecule has 2 aliphatic heterocycles. The molecule has 0 aromatic heterocycles. The topological polar surface area (TPSA) is 73.8 Å². The molecule has 4 rings (SSSR count). The van der Waals surface area contributed by atoms with Gasteiger partial charge in [-0.3, -0.25) is 0 Å². The zero-order chi connectivity index (χ0) is 26.4. The summed E-state index contributed by atoms with van der Waals surface area (Å²) in [6.07, 6.45) is -2.94. The van der Waals surface area contributed by atoms with Crippen LogP contribution >= 0.6 is 23.2 Å². The Morgan fingerprint density at radius 3 is 1.39 bits per heavy atom. The molecule has 2 saturated heterocycles. The van der Waals surface area contributed by atoms with Crippen molar-refractivity contribution in [3.05, 3.63) is 71.8 Å². The average Bonchev–Trinajstić information content (AvgIpc) is 2.98. The maximum absolute atomic E-state index is 6.54. The van der Waals surface area contributed by atoms with Gasteiger partial charge in [-0.25, -0.2) is 0 Å². The van der Waals surface area contributed by atoms with E-state index in [1.165, 1.54) is 0 Å². The maximum Gasteiger partial charge on any atom is 0.184 e. The van der Waals surface area contributed by atoms with Gasteiger partial charge in [0.1, 0.15) is 24.4 Å². The molecule has 2 aliphatic rings. The summed E-state index contributed by atoms with van der Waals surface area (Å²) >= 11 is 11.4. The van der Waals surface area contributed by atoms with E-state index in [-0.39, 0.29) is 0 Å². The summed E-state index contributed by atoms with van der Waals surface area (Å²) in [6, 6.07) is 19.6. The third kappa shape index (κ3) is 8.86. The first-order valence-electron chi connectivity index (χ1n) is 12.9. The molecule has 8 nitrogen and oxygen atoms in total. The van der Waals surface area contributed by atoms with Gasteiger partial charge in [-0.15, -0.1) is 23.2 Å². The smallest absolute Gasteiger partial charge is 0.184 e. The van der Waals surface area contributed by atoms with Crippen molar-refractivity contribution in [2.75, 3.05) is 64.6 Å². The number of rotatable bonds is 15. The van der Waals surface area contributed by atoms with E-state index in [9.17, 15) is 0 Å². The van der Waals surface area contributed by atoms with Crippen LogP contribution in [-0.4, -0.2) is 89.0 Å². The molecule has 2 fully saturated rings. The molecule has 0 amide bonds. The van der Waals surface area contributed by atoms with Crippen molar-refractivity contribution >= 4 is 23.2 Å². The molecule has 0 bridgehead atoms. The predicted molar refractivity (Wildman–Crippen MR) is 143 cm³/mol. The third-order valence-electron chi connectivity index (χ3n) is 6.15. The van der Waals surface area contributed by atoms with Gasteiger partial charge in [0.05, 0.1) is 52.9 Å². The number of alkyl halides is 2. The van der Waals surface area contributed by atoms with E-state index in [0.29, 0.717) is 64.6 Å². The van der Waals surface area contributed by atoms with Crippen LogP contribution < -0.4 is 0 Å². The van der Waals surface area contributed by atoms with E-state index in [1.807, 2.05) is 60.7 Å². The molecule has 0 saturated carbocycles. The lowest BCUT2D eigenvalue weighted by Gasteiger charge is -2.45. The Balaban J connectivity index is 1.51. The fourth-order valence-corrected chi connectivity index (χ4v) is 4.58. The highest BCUT2D eigenvalue weighted by Crippen LogP contribution is 2.36. The molecule has 0 unspecified atom stereocenters. The van der Waals surface area contributed by atoms with Crippen molar-refractivity contribution in [2.24, 2.45) is 0 Å². The Kier molecular flexibility index (Phi) is 13.1. The van der Waals surface area contributed by atoms with Gasteiger partial charge in [0.2, 0.25) is 0 Å². The predicted octanol–water partition coefficient (Wildman–Crippen LogP) is 4.50. The van der Waals surface area contributed by atoms with Crippen molar-refractivity contribution in [3.8, 4) is 0 Å². The van der Waals surface area contributed by atoms with Crippen LogP contribution in [0.1, 0.15) is 23.7 Å². The van der Waals surface area contributed by atoms with Crippen LogP contribution in [0.15, 0.2) is 60.7 Å². The van der Waals surface area contributed by atoms with Crippen molar-refractivity contribution < 1.29 is 37.9 Å². The fourth-order valence-electron chi connectivity index (χ4n) is 4.36. The quantitative estimate of drug-likeness (QED) is 0.229. The van der Waals surface area contributed by atoms with E-state index in [4.69, 9.17) is 61.1 Å². The van der Waals surface area contributed by atoms with Gasteiger partial charge in [0.25, 0.3) is 0 Å². The average molecular weight is 571 g/mol. The van der Waals surface area contributed by atoms with E-state index >= 15 is 0 Å². The highest BCUT2D eigenvalue weighted by atomic mass is 35.5. The lowest BCUT2D eigenvalue weighted by molar-refractivity contribution is -0.340. The maximum atomic E-state index is 6.54. The summed E-state index contributed by atoms with van der Waals surface area (Å²) in [7, 11) is 0. The summed E-state index contributed by atoms with van der Waals surface area (Å²) in [5, 5.41) is 0. The van der Waals surface area contributed by atoms with Crippen LogP contribution in [0, 0.1) is 0 Å². The molecule has 0 N–H and O–H groups in total. The molecule has 2 heterocycles. The number of hydrogen-bond donors (Lipinski definition) is 0. The Labute approximate surface area is 234 Å². The summed E-state index contributed by atoms with van der Waals surface area (Å²) in [5.41, 5.74) is 1.83. The van der Waals surface area contributed by atoms with Gasteiger partial charge in [0.15, 0.2) is 12.6 Å². The second-order valence-corrected chi connectivity index (χ2v) is 9.53. The van der Waals surface area contributed by atoms with E-state index in [1.54, 1.807) is 0 Å². The fraction of sp³-hybridized carbons (Fsp3) is 0.571. The minimum Gasteiger partial charge on any atom is -0.378 e. The molecule has 2 aromatic carbocycles. The normalized spacial score (nSPS) is 27.8. The van der Waals surface area contributed by atoms with Crippen molar-refractivity contribution in [3.63, 3.8) is 0 Å². The van der Waals surface area contributed by atoms with Crippen LogP contribution in [0.5, 0.6) is 0 Å². The molecule has 6 atom stereocenters. The zero-order valence-corrected chi connectivity index (χ0v) is 22.8. The van der Waals surface area contributed by atoms with E-state index in [0.717, 1.165) is 11.1 Å². The second-order valence-electron chi connectivity index (χ2n) is 8.77. The number of halogens is 2. The molecule has 10 heteroatoms. The Hall–Kier alpha value is -1.30. The van der Waals surface area contributed by atoms with Crippen molar-refractivity contribution in [1.82, 2.24) is 0 Å². The first kappa shape index (κ1) is 29.7. The Morgan fingerprint density at radius 2 is 1.00 bits per heavy atom. The summed E-state index contributed by atoms with van der Waals surface area (Å²) < 4.78 is 48.6. The zero-order valence-electron chi connectivity index (χ0n) is 21.3. The SMILES string of the molecule is ClCCOCCO[C@@H]1CO[C@@H](c2ccccc2)O[C@H]1[C@@H]1O[C@H](c2ccccc2)OC[C@H]1OCCOCCCl. The van der Waals surface area contributed by atoms with Crippen LogP contribution in [0.25, 0.3) is 0 Å².